The van der Waals surface area contributed by atoms with Gasteiger partial charge in [-0.25, -0.2) is 9.78 Å². The van der Waals surface area contributed by atoms with E-state index in [1.165, 1.54) is 0 Å². The van der Waals surface area contributed by atoms with Gasteiger partial charge < -0.3 is 14.2 Å². The van der Waals surface area contributed by atoms with Crippen molar-refractivity contribution >= 4 is 6.09 Å². The summed E-state index contributed by atoms with van der Waals surface area (Å²) in [7, 11) is 0. The van der Waals surface area contributed by atoms with Gasteiger partial charge in [-0.3, -0.25) is 0 Å². The van der Waals surface area contributed by atoms with Gasteiger partial charge >= 0.3 is 6.09 Å². The van der Waals surface area contributed by atoms with Crippen molar-refractivity contribution in [3.63, 3.8) is 0 Å². The van der Waals surface area contributed by atoms with E-state index in [9.17, 15) is 4.79 Å². The summed E-state index contributed by atoms with van der Waals surface area (Å²) in [5.74, 6) is 3.05. The fraction of sp³-hybridized carbons (Fsp3) is 0.733. The quantitative estimate of drug-likeness (QED) is 0.833. The van der Waals surface area contributed by atoms with Crippen LogP contribution in [0.1, 0.15) is 26.6 Å². The minimum Gasteiger partial charge on any atom is -0.444 e. The molecule has 0 spiro atoms. The molecule has 0 radical (unpaired) electrons. The Bertz CT molecular complexity index is 505. The SMILES string of the molecule is Cc1nccn1CC1[C@H]2CN(C(=O)OC(C)(C)C)C[C@@H]12. The molecule has 1 unspecified atom stereocenters. The molecule has 20 heavy (non-hydrogen) atoms. The number of aryl methyl sites for hydroxylation is 1. The number of rotatable bonds is 2. The van der Waals surface area contributed by atoms with Crippen LogP contribution in [0.5, 0.6) is 0 Å². The summed E-state index contributed by atoms with van der Waals surface area (Å²) < 4.78 is 7.63. The molecular weight excluding hydrogens is 254 g/mol. The normalized spacial score (nSPS) is 28.4. The second-order valence-corrected chi connectivity index (χ2v) is 7.00. The Morgan fingerprint density at radius 1 is 1.40 bits per heavy atom. The van der Waals surface area contributed by atoms with Crippen LogP contribution in [-0.4, -0.2) is 39.2 Å². The van der Waals surface area contributed by atoms with Crippen molar-refractivity contribution in [3.05, 3.63) is 18.2 Å². The molecule has 2 aliphatic rings. The van der Waals surface area contributed by atoms with Gasteiger partial charge in [0.05, 0.1) is 0 Å². The first-order chi connectivity index (χ1) is 9.35. The molecule has 0 aromatic carbocycles. The zero-order valence-electron chi connectivity index (χ0n) is 12.7. The zero-order chi connectivity index (χ0) is 14.5. The first-order valence-corrected chi connectivity index (χ1v) is 7.31. The third-order valence-electron chi connectivity index (χ3n) is 4.35. The number of amides is 1. The van der Waals surface area contributed by atoms with Crippen molar-refractivity contribution in [2.24, 2.45) is 17.8 Å². The van der Waals surface area contributed by atoms with Gasteiger partial charge in [-0.2, -0.15) is 0 Å². The molecule has 5 nitrogen and oxygen atoms in total. The van der Waals surface area contributed by atoms with Gasteiger partial charge in [0.1, 0.15) is 11.4 Å². The van der Waals surface area contributed by atoms with Gasteiger partial charge in [0.2, 0.25) is 0 Å². The van der Waals surface area contributed by atoms with Gasteiger partial charge in [0, 0.05) is 32.0 Å². The maximum absolute atomic E-state index is 12.0. The molecule has 0 N–H and O–H groups in total. The summed E-state index contributed by atoms with van der Waals surface area (Å²) in [6.45, 7) is 10.5. The summed E-state index contributed by atoms with van der Waals surface area (Å²) in [6, 6.07) is 0. The number of carbonyl (C=O) groups is 1. The highest BCUT2D eigenvalue weighted by atomic mass is 16.6. The fourth-order valence-electron chi connectivity index (χ4n) is 3.22. The number of aromatic nitrogens is 2. The lowest BCUT2D eigenvalue weighted by atomic mass is 10.2. The fourth-order valence-corrected chi connectivity index (χ4v) is 3.22. The van der Waals surface area contributed by atoms with E-state index in [1.807, 2.05) is 45.0 Å². The Labute approximate surface area is 119 Å². The van der Waals surface area contributed by atoms with Crippen LogP contribution >= 0.6 is 0 Å². The van der Waals surface area contributed by atoms with E-state index in [1.54, 1.807) is 0 Å². The highest BCUT2D eigenvalue weighted by Crippen LogP contribution is 2.52. The van der Waals surface area contributed by atoms with Crippen LogP contribution in [0.2, 0.25) is 0 Å². The molecule has 0 bridgehead atoms. The topological polar surface area (TPSA) is 47.4 Å². The molecule has 2 heterocycles. The Kier molecular flexibility index (Phi) is 3.03. The van der Waals surface area contributed by atoms with E-state index in [0.717, 1.165) is 25.5 Å². The predicted octanol–water partition coefficient (Wildman–Crippen LogP) is 2.30. The van der Waals surface area contributed by atoms with Crippen LogP contribution in [0.25, 0.3) is 0 Å². The van der Waals surface area contributed by atoms with E-state index in [-0.39, 0.29) is 6.09 Å². The third kappa shape index (κ3) is 2.53. The second kappa shape index (κ2) is 4.50. The van der Waals surface area contributed by atoms with Crippen LogP contribution in [0.4, 0.5) is 4.79 Å². The first kappa shape index (κ1) is 13.5. The van der Waals surface area contributed by atoms with Gasteiger partial charge in [-0.1, -0.05) is 0 Å². The predicted molar refractivity (Wildman–Crippen MR) is 75.2 cm³/mol. The lowest BCUT2D eigenvalue weighted by molar-refractivity contribution is 0.0264. The van der Waals surface area contributed by atoms with Crippen molar-refractivity contribution in [2.45, 2.75) is 39.8 Å². The molecule has 1 aromatic rings. The van der Waals surface area contributed by atoms with Crippen molar-refractivity contribution in [1.82, 2.24) is 14.5 Å². The summed E-state index contributed by atoms with van der Waals surface area (Å²) in [5.41, 5.74) is -0.406. The number of likely N-dealkylation sites (tertiary alicyclic amines) is 1. The largest absolute Gasteiger partial charge is 0.444 e. The van der Waals surface area contributed by atoms with Crippen LogP contribution < -0.4 is 0 Å². The number of hydrogen-bond donors (Lipinski definition) is 0. The molecule has 1 aliphatic carbocycles. The van der Waals surface area contributed by atoms with Gasteiger partial charge in [-0.05, 0) is 45.4 Å². The molecule has 1 aromatic heterocycles. The summed E-state index contributed by atoms with van der Waals surface area (Å²) in [4.78, 5) is 18.1. The van der Waals surface area contributed by atoms with Crippen molar-refractivity contribution in [2.75, 3.05) is 13.1 Å². The van der Waals surface area contributed by atoms with Crippen molar-refractivity contribution in [1.29, 1.82) is 0 Å². The third-order valence-corrected chi connectivity index (χ3v) is 4.35. The van der Waals surface area contributed by atoms with E-state index in [2.05, 4.69) is 9.55 Å². The number of ether oxygens (including phenoxy) is 1. The molecule has 1 aliphatic heterocycles. The molecule has 3 atom stereocenters. The van der Waals surface area contributed by atoms with Gasteiger partial charge in [-0.15, -0.1) is 0 Å². The summed E-state index contributed by atoms with van der Waals surface area (Å²) in [5, 5.41) is 0. The molecule has 1 amide bonds. The van der Waals surface area contributed by atoms with Crippen LogP contribution in [-0.2, 0) is 11.3 Å². The van der Waals surface area contributed by atoms with Gasteiger partial charge in [0.25, 0.3) is 0 Å². The number of fused-ring (bicyclic) bond motifs is 1. The number of piperidine rings is 1. The van der Waals surface area contributed by atoms with E-state index in [4.69, 9.17) is 4.74 Å². The second-order valence-electron chi connectivity index (χ2n) is 7.00. The standard InChI is InChI=1S/C15H23N3O2/c1-10-16-5-6-17(10)7-11-12-8-18(9-13(11)12)14(19)20-15(2,3)4/h5-6,11-13H,7-9H2,1-4H3/t11?,12-,13+. The average Bonchev–Trinajstić information content (AvgIpc) is 2.72. The minimum atomic E-state index is -0.406. The first-order valence-electron chi connectivity index (χ1n) is 7.31. The van der Waals surface area contributed by atoms with E-state index in [0.29, 0.717) is 17.8 Å². The number of hydrogen-bond acceptors (Lipinski definition) is 3. The molecule has 1 saturated carbocycles. The highest BCUT2D eigenvalue weighted by molar-refractivity contribution is 5.68. The van der Waals surface area contributed by atoms with Crippen LogP contribution in [0, 0.1) is 24.7 Å². The van der Waals surface area contributed by atoms with Crippen LogP contribution in [0.3, 0.4) is 0 Å². The molecular formula is C15H23N3O2. The maximum Gasteiger partial charge on any atom is 0.410 e. The Morgan fingerprint density at radius 2 is 2.05 bits per heavy atom. The van der Waals surface area contributed by atoms with Crippen molar-refractivity contribution in [3.8, 4) is 0 Å². The van der Waals surface area contributed by atoms with Gasteiger partial charge in [0.15, 0.2) is 0 Å². The van der Waals surface area contributed by atoms with Crippen molar-refractivity contribution < 1.29 is 9.53 Å². The highest BCUT2D eigenvalue weighted by Gasteiger charge is 2.56. The number of carbonyl (C=O) groups excluding carboxylic acids is 1. The zero-order valence-corrected chi connectivity index (χ0v) is 12.7. The molecule has 2 fully saturated rings. The summed E-state index contributed by atoms with van der Waals surface area (Å²) >= 11 is 0. The molecule has 5 heteroatoms. The monoisotopic (exact) mass is 277 g/mol. The minimum absolute atomic E-state index is 0.165. The Balaban J connectivity index is 1.51. The Morgan fingerprint density at radius 3 is 2.55 bits per heavy atom. The number of nitrogens with zero attached hydrogens (tertiary/aromatic N) is 3. The lowest BCUT2D eigenvalue weighted by Crippen LogP contribution is -2.37. The Hall–Kier alpha value is -1.52. The van der Waals surface area contributed by atoms with E-state index < -0.39 is 5.60 Å². The summed E-state index contributed by atoms with van der Waals surface area (Å²) in [6.07, 6.45) is 3.72. The van der Waals surface area contributed by atoms with Crippen LogP contribution in [0.15, 0.2) is 12.4 Å². The average molecular weight is 277 g/mol. The maximum atomic E-state index is 12.0. The molecule has 110 valence electrons. The van der Waals surface area contributed by atoms with E-state index >= 15 is 0 Å². The number of imidazole rings is 1. The molecule has 1 saturated heterocycles. The smallest absolute Gasteiger partial charge is 0.410 e. The molecule has 3 rings (SSSR count). The lowest BCUT2D eigenvalue weighted by Gasteiger charge is -2.26.